The van der Waals surface area contributed by atoms with Gasteiger partial charge in [-0.3, -0.25) is 4.79 Å². The van der Waals surface area contributed by atoms with E-state index < -0.39 is 10.9 Å². The van der Waals surface area contributed by atoms with Gasteiger partial charge in [-0.05, 0) is 17.1 Å². The summed E-state index contributed by atoms with van der Waals surface area (Å²) in [6, 6.07) is 6.83. The first kappa shape index (κ1) is 13.5. The predicted octanol–water partition coefficient (Wildman–Crippen LogP) is 0.834. The molecule has 0 bridgehead atoms. The van der Waals surface area contributed by atoms with E-state index in [1.807, 2.05) is 0 Å². The van der Waals surface area contributed by atoms with Crippen LogP contribution in [0.3, 0.4) is 0 Å². The van der Waals surface area contributed by atoms with Gasteiger partial charge in [0.25, 0.3) is 0 Å². The summed E-state index contributed by atoms with van der Waals surface area (Å²) in [7, 11) is 1.52. The summed E-state index contributed by atoms with van der Waals surface area (Å²) in [5, 5.41) is 16.6. The second kappa shape index (κ2) is 5.78. The topological polar surface area (TPSA) is 112 Å². The molecular weight excluding hydrogens is 266 g/mol. The second-order valence-corrected chi connectivity index (χ2v) is 3.78. The minimum Gasteiger partial charge on any atom is -0.497 e. The molecule has 0 radical (unpaired) electrons. The minimum atomic E-state index is -0.726. The molecule has 2 rings (SSSR count). The van der Waals surface area contributed by atoms with E-state index in [4.69, 9.17) is 4.74 Å². The number of carbonyl (C=O) groups excluding carboxylic acids is 1. The molecule has 0 aliphatic rings. The first-order valence-corrected chi connectivity index (χ1v) is 5.56. The molecule has 0 aliphatic heterocycles. The molecule has 0 saturated carbocycles. The van der Waals surface area contributed by atoms with Crippen molar-refractivity contribution in [3.8, 4) is 5.75 Å². The molecule has 1 aromatic carbocycles. The van der Waals surface area contributed by atoms with Crippen molar-refractivity contribution in [1.29, 1.82) is 0 Å². The van der Waals surface area contributed by atoms with Crippen LogP contribution in [0.1, 0.15) is 0 Å². The van der Waals surface area contributed by atoms with Gasteiger partial charge in [-0.2, -0.15) is 4.68 Å². The number of hydrogen-bond donors (Lipinski definition) is 1. The fourth-order valence-corrected chi connectivity index (χ4v) is 1.49. The van der Waals surface area contributed by atoms with Crippen LogP contribution in [0.15, 0.2) is 30.6 Å². The Labute approximate surface area is 113 Å². The smallest absolute Gasteiger partial charge is 0.490 e. The van der Waals surface area contributed by atoms with E-state index in [0.29, 0.717) is 11.4 Å². The van der Waals surface area contributed by atoms with Crippen molar-refractivity contribution in [3.63, 3.8) is 0 Å². The lowest BCUT2D eigenvalue weighted by Gasteiger charge is -2.05. The van der Waals surface area contributed by atoms with E-state index >= 15 is 0 Å². The van der Waals surface area contributed by atoms with Crippen LogP contribution >= 0.6 is 0 Å². The van der Waals surface area contributed by atoms with E-state index in [2.05, 4.69) is 15.4 Å². The predicted molar refractivity (Wildman–Crippen MR) is 68.3 cm³/mol. The minimum absolute atomic E-state index is 0.169. The van der Waals surface area contributed by atoms with Gasteiger partial charge in [0.2, 0.25) is 12.2 Å². The third kappa shape index (κ3) is 3.28. The highest BCUT2D eigenvalue weighted by Crippen LogP contribution is 2.16. The number of benzene rings is 1. The number of methoxy groups -OCH3 is 1. The third-order valence-corrected chi connectivity index (χ3v) is 2.35. The molecule has 0 unspecified atom stereocenters. The normalized spacial score (nSPS) is 10.1. The molecular formula is C11H11N5O4. The number of aromatic nitrogens is 3. The van der Waals surface area contributed by atoms with Gasteiger partial charge in [0, 0.05) is 16.9 Å². The zero-order valence-corrected chi connectivity index (χ0v) is 10.5. The number of ether oxygens (including phenoxy) is 1. The van der Waals surface area contributed by atoms with E-state index in [1.165, 1.54) is 7.11 Å². The van der Waals surface area contributed by atoms with Gasteiger partial charge in [0.1, 0.15) is 12.3 Å². The molecule has 0 atom stereocenters. The van der Waals surface area contributed by atoms with Crippen molar-refractivity contribution in [2.24, 2.45) is 0 Å². The molecule has 1 N–H and O–H groups in total. The van der Waals surface area contributed by atoms with Gasteiger partial charge in [0.05, 0.1) is 7.11 Å². The highest BCUT2D eigenvalue weighted by atomic mass is 16.6. The standard InChI is InChI=1S/C11H11N5O4/c1-20-9-4-2-3-8(5-9)13-10(17)6-15-7-12-11(14-15)16(18)19/h2-5,7H,6H2,1H3,(H,13,17). The molecule has 9 nitrogen and oxygen atoms in total. The zero-order chi connectivity index (χ0) is 14.5. The molecule has 1 aromatic heterocycles. The molecule has 1 amide bonds. The van der Waals surface area contributed by atoms with Crippen molar-refractivity contribution >= 4 is 17.5 Å². The fraction of sp³-hybridized carbons (Fsp3) is 0.182. The first-order chi connectivity index (χ1) is 9.58. The van der Waals surface area contributed by atoms with Crippen LogP contribution in [0, 0.1) is 10.1 Å². The first-order valence-electron chi connectivity index (χ1n) is 5.56. The van der Waals surface area contributed by atoms with Crippen LogP contribution in [-0.4, -0.2) is 32.7 Å². The number of nitrogens with one attached hydrogen (secondary N) is 1. The van der Waals surface area contributed by atoms with E-state index in [0.717, 1.165) is 11.0 Å². The molecule has 20 heavy (non-hydrogen) atoms. The summed E-state index contributed by atoms with van der Waals surface area (Å²) >= 11 is 0. The Morgan fingerprint density at radius 1 is 1.55 bits per heavy atom. The Hall–Kier alpha value is -2.97. The highest BCUT2D eigenvalue weighted by molar-refractivity contribution is 5.90. The maximum atomic E-state index is 11.8. The summed E-state index contributed by atoms with van der Waals surface area (Å²) < 4.78 is 6.12. The summed E-state index contributed by atoms with van der Waals surface area (Å²) in [6.07, 6.45) is 1.13. The van der Waals surface area contributed by atoms with E-state index in [9.17, 15) is 14.9 Å². The number of carbonyl (C=O) groups is 1. The maximum Gasteiger partial charge on any atom is 0.490 e. The van der Waals surface area contributed by atoms with Crippen molar-refractivity contribution in [1.82, 2.24) is 14.8 Å². The average molecular weight is 277 g/mol. The summed E-state index contributed by atoms with van der Waals surface area (Å²) in [6.45, 7) is -0.169. The molecule has 1 heterocycles. The van der Waals surface area contributed by atoms with Crippen molar-refractivity contribution in [3.05, 3.63) is 40.7 Å². The molecule has 2 aromatic rings. The number of nitrogens with zero attached hydrogens (tertiary/aromatic N) is 4. The molecule has 0 fully saturated rings. The zero-order valence-electron chi connectivity index (χ0n) is 10.5. The van der Waals surface area contributed by atoms with Gasteiger partial charge in [-0.25, -0.2) is 0 Å². The highest BCUT2D eigenvalue weighted by Gasteiger charge is 2.15. The van der Waals surface area contributed by atoms with Crippen LogP contribution < -0.4 is 10.1 Å². The Bertz CT molecular complexity index is 639. The average Bonchev–Trinajstić information content (AvgIpc) is 2.87. The van der Waals surface area contributed by atoms with E-state index in [-0.39, 0.29) is 12.5 Å². The van der Waals surface area contributed by atoms with Crippen molar-refractivity contribution in [2.45, 2.75) is 6.54 Å². The second-order valence-electron chi connectivity index (χ2n) is 3.78. The Balaban J connectivity index is 1.99. The van der Waals surface area contributed by atoms with Gasteiger partial charge in [-0.1, -0.05) is 11.1 Å². The fourth-order valence-electron chi connectivity index (χ4n) is 1.49. The monoisotopic (exact) mass is 277 g/mol. The lowest BCUT2D eigenvalue weighted by atomic mass is 10.3. The summed E-state index contributed by atoms with van der Waals surface area (Å²) in [5.41, 5.74) is 0.559. The van der Waals surface area contributed by atoms with Crippen LogP contribution in [0.5, 0.6) is 5.75 Å². The quantitative estimate of drug-likeness (QED) is 0.640. The Kier molecular flexibility index (Phi) is 3.89. The number of rotatable bonds is 5. The van der Waals surface area contributed by atoms with Crippen LogP contribution in [0.25, 0.3) is 0 Å². The van der Waals surface area contributed by atoms with Crippen molar-refractivity contribution < 1.29 is 14.5 Å². The lowest BCUT2D eigenvalue weighted by molar-refractivity contribution is -0.394. The van der Waals surface area contributed by atoms with Gasteiger partial charge < -0.3 is 20.2 Å². The van der Waals surface area contributed by atoms with Gasteiger partial charge in [0.15, 0.2) is 0 Å². The van der Waals surface area contributed by atoms with Crippen molar-refractivity contribution in [2.75, 3.05) is 12.4 Å². The number of hydrogen-bond acceptors (Lipinski definition) is 6. The summed E-state index contributed by atoms with van der Waals surface area (Å²) in [4.78, 5) is 24.9. The van der Waals surface area contributed by atoms with Crippen LogP contribution in [-0.2, 0) is 11.3 Å². The summed E-state index contributed by atoms with van der Waals surface area (Å²) in [5.74, 6) is -0.309. The lowest BCUT2D eigenvalue weighted by Crippen LogP contribution is -2.19. The SMILES string of the molecule is COc1cccc(NC(=O)Cn2cnc([N+](=O)[O-])n2)c1. The Morgan fingerprint density at radius 2 is 2.35 bits per heavy atom. The molecule has 9 heteroatoms. The van der Waals surface area contributed by atoms with Crippen LogP contribution in [0.4, 0.5) is 11.6 Å². The maximum absolute atomic E-state index is 11.8. The van der Waals surface area contributed by atoms with Gasteiger partial charge >= 0.3 is 5.95 Å². The number of amides is 1. The molecule has 0 spiro atoms. The van der Waals surface area contributed by atoms with E-state index in [1.54, 1.807) is 24.3 Å². The van der Waals surface area contributed by atoms with Gasteiger partial charge in [-0.15, -0.1) is 0 Å². The number of nitro groups is 1. The van der Waals surface area contributed by atoms with Crippen LogP contribution in [0.2, 0.25) is 0 Å². The molecule has 104 valence electrons. The largest absolute Gasteiger partial charge is 0.497 e. The number of anilines is 1. The molecule has 0 aliphatic carbocycles. The third-order valence-electron chi connectivity index (χ3n) is 2.35. The Morgan fingerprint density at radius 3 is 3.00 bits per heavy atom. The molecule has 0 saturated heterocycles.